The minimum Gasteiger partial charge on any atom is -0.378 e. The molecule has 144 valence electrons. The third-order valence-corrected chi connectivity index (χ3v) is 5.00. The fraction of sp³-hybridized carbons (Fsp3) is 0.318. The number of benzene rings is 1. The molecule has 0 amide bonds. The van der Waals surface area contributed by atoms with Crippen LogP contribution >= 0.6 is 0 Å². The normalized spacial score (nSPS) is 15.0. The predicted molar refractivity (Wildman–Crippen MR) is 113 cm³/mol. The SMILES string of the molecule is CC(C)c1ccc(/C=C/c2ccnc3nc(N4CCOCC4)[nH]c(=O)c23)cc1. The summed E-state index contributed by atoms with van der Waals surface area (Å²) >= 11 is 0. The van der Waals surface area contributed by atoms with Crippen molar-refractivity contribution < 1.29 is 4.74 Å². The fourth-order valence-corrected chi connectivity index (χ4v) is 3.32. The largest absolute Gasteiger partial charge is 0.378 e. The number of H-pyrrole nitrogens is 1. The van der Waals surface area contributed by atoms with Crippen molar-refractivity contribution in [3.63, 3.8) is 0 Å². The standard InChI is InChI=1S/C22H24N4O2/c1-15(2)17-6-3-16(4-7-17)5-8-18-9-10-23-20-19(18)21(27)25-22(24-20)26-11-13-28-14-12-26/h3-10,15H,11-14H2,1-2H3,(H,23,24,25,27)/b8-5+. The summed E-state index contributed by atoms with van der Waals surface area (Å²) < 4.78 is 5.37. The molecule has 6 heteroatoms. The van der Waals surface area contributed by atoms with Gasteiger partial charge in [0.2, 0.25) is 5.95 Å². The molecule has 3 aromatic rings. The molecule has 1 fully saturated rings. The zero-order valence-electron chi connectivity index (χ0n) is 16.2. The minimum absolute atomic E-state index is 0.172. The van der Waals surface area contributed by atoms with Gasteiger partial charge < -0.3 is 9.64 Å². The third-order valence-electron chi connectivity index (χ3n) is 5.00. The second-order valence-corrected chi connectivity index (χ2v) is 7.24. The van der Waals surface area contributed by atoms with Crippen molar-refractivity contribution in [2.75, 3.05) is 31.2 Å². The Morgan fingerprint density at radius 2 is 1.86 bits per heavy atom. The molecule has 28 heavy (non-hydrogen) atoms. The van der Waals surface area contributed by atoms with Crippen LogP contribution in [0, 0.1) is 0 Å². The number of aromatic nitrogens is 3. The van der Waals surface area contributed by atoms with Crippen LogP contribution in [0.3, 0.4) is 0 Å². The van der Waals surface area contributed by atoms with Crippen LogP contribution in [0.2, 0.25) is 0 Å². The van der Waals surface area contributed by atoms with E-state index in [1.807, 2.05) is 23.1 Å². The Hall–Kier alpha value is -2.99. The van der Waals surface area contributed by atoms with Crippen LogP contribution in [0.15, 0.2) is 41.3 Å². The molecule has 0 spiro atoms. The van der Waals surface area contributed by atoms with E-state index in [2.05, 4.69) is 53.1 Å². The summed E-state index contributed by atoms with van der Waals surface area (Å²) in [4.78, 5) is 26.6. The molecule has 0 atom stereocenters. The first-order chi connectivity index (χ1) is 13.6. The Kier molecular flexibility index (Phi) is 5.21. The smallest absolute Gasteiger partial charge is 0.262 e. The summed E-state index contributed by atoms with van der Waals surface area (Å²) in [7, 11) is 0. The minimum atomic E-state index is -0.172. The van der Waals surface area contributed by atoms with Crippen LogP contribution < -0.4 is 10.5 Å². The molecule has 1 aliphatic rings. The molecule has 3 heterocycles. The number of hydrogen-bond acceptors (Lipinski definition) is 5. The summed E-state index contributed by atoms with van der Waals surface area (Å²) in [6.45, 7) is 7.04. The van der Waals surface area contributed by atoms with Crippen molar-refractivity contribution in [1.82, 2.24) is 15.0 Å². The van der Waals surface area contributed by atoms with Gasteiger partial charge in [0.25, 0.3) is 5.56 Å². The van der Waals surface area contributed by atoms with E-state index in [1.54, 1.807) is 6.20 Å². The maximum atomic E-state index is 12.8. The highest BCUT2D eigenvalue weighted by atomic mass is 16.5. The van der Waals surface area contributed by atoms with Crippen molar-refractivity contribution in [2.45, 2.75) is 19.8 Å². The first-order valence-electron chi connectivity index (χ1n) is 9.61. The van der Waals surface area contributed by atoms with E-state index in [1.165, 1.54) is 5.56 Å². The van der Waals surface area contributed by atoms with Gasteiger partial charge in [-0.15, -0.1) is 0 Å². The highest BCUT2D eigenvalue weighted by Gasteiger charge is 2.16. The average Bonchev–Trinajstić information content (AvgIpc) is 2.73. The van der Waals surface area contributed by atoms with E-state index in [0.29, 0.717) is 49.2 Å². The third kappa shape index (κ3) is 3.82. The first kappa shape index (κ1) is 18.4. The van der Waals surface area contributed by atoms with Crippen LogP contribution in [0.1, 0.15) is 36.5 Å². The number of rotatable bonds is 4. The van der Waals surface area contributed by atoms with Crippen LogP contribution in [-0.4, -0.2) is 41.3 Å². The topological polar surface area (TPSA) is 71.1 Å². The molecule has 0 unspecified atom stereocenters. The number of hydrogen-bond donors (Lipinski definition) is 1. The zero-order valence-corrected chi connectivity index (χ0v) is 16.2. The summed E-state index contributed by atoms with van der Waals surface area (Å²) in [5, 5.41) is 0.509. The molecule has 1 N–H and O–H groups in total. The van der Waals surface area contributed by atoms with Crippen molar-refractivity contribution in [3.8, 4) is 0 Å². The van der Waals surface area contributed by atoms with Gasteiger partial charge in [-0.3, -0.25) is 9.78 Å². The molecule has 2 aromatic heterocycles. The van der Waals surface area contributed by atoms with Gasteiger partial charge >= 0.3 is 0 Å². The average molecular weight is 376 g/mol. The molecular formula is C22H24N4O2. The van der Waals surface area contributed by atoms with E-state index in [0.717, 1.165) is 11.1 Å². The lowest BCUT2D eigenvalue weighted by Crippen LogP contribution is -2.38. The van der Waals surface area contributed by atoms with Gasteiger partial charge in [-0.2, -0.15) is 4.98 Å². The predicted octanol–water partition coefficient (Wildman–Crippen LogP) is 3.45. The summed E-state index contributed by atoms with van der Waals surface area (Å²) in [6.07, 6.45) is 5.65. The molecule has 1 aromatic carbocycles. The second-order valence-electron chi connectivity index (χ2n) is 7.24. The lowest BCUT2D eigenvalue weighted by molar-refractivity contribution is 0.122. The highest BCUT2D eigenvalue weighted by Crippen LogP contribution is 2.19. The molecular weight excluding hydrogens is 352 g/mol. The molecule has 0 aliphatic carbocycles. The lowest BCUT2D eigenvalue weighted by atomic mass is 10.0. The fourth-order valence-electron chi connectivity index (χ4n) is 3.32. The van der Waals surface area contributed by atoms with Gasteiger partial charge in [-0.25, -0.2) is 4.98 Å². The first-order valence-corrected chi connectivity index (χ1v) is 9.61. The van der Waals surface area contributed by atoms with Crippen LogP contribution in [0.5, 0.6) is 0 Å². The molecule has 0 radical (unpaired) electrons. The van der Waals surface area contributed by atoms with Gasteiger partial charge in [-0.1, -0.05) is 50.3 Å². The number of nitrogens with one attached hydrogen (secondary N) is 1. The number of aromatic amines is 1. The van der Waals surface area contributed by atoms with Gasteiger partial charge in [0.05, 0.1) is 18.6 Å². The van der Waals surface area contributed by atoms with Gasteiger partial charge in [0.1, 0.15) is 0 Å². The molecule has 6 nitrogen and oxygen atoms in total. The monoisotopic (exact) mass is 376 g/mol. The summed E-state index contributed by atoms with van der Waals surface area (Å²) in [5.41, 5.74) is 3.49. The van der Waals surface area contributed by atoms with Crippen LogP contribution in [0.25, 0.3) is 23.2 Å². The molecule has 0 bridgehead atoms. The maximum Gasteiger partial charge on any atom is 0.262 e. The number of morpholine rings is 1. The Morgan fingerprint density at radius 1 is 1.11 bits per heavy atom. The molecule has 0 saturated carbocycles. The Labute approximate surface area is 163 Å². The van der Waals surface area contributed by atoms with Crippen molar-refractivity contribution in [2.24, 2.45) is 0 Å². The van der Waals surface area contributed by atoms with Crippen molar-refractivity contribution >= 4 is 29.1 Å². The molecule has 4 rings (SSSR count). The summed E-state index contributed by atoms with van der Waals surface area (Å²) in [5.74, 6) is 1.06. The van der Waals surface area contributed by atoms with E-state index < -0.39 is 0 Å². The number of anilines is 1. The molecule has 1 saturated heterocycles. The van der Waals surface area contributed by atoms with Gasteiger partial charge in [0.15, 0.2) is 5.65 Å². The van der Waals surface area contributed by atoms with Crippen LogP contribution in [-0.2, 0) is 4.74 Å². The van der Waals surface area contributed by atoms with Crippen LogP contribution in [0.4, 0.5) is 5.95 Å². The number of ether oxygens (including phenoxy) is 1. The number of pyridine rings is 1. The quantitative estimate of drug-likeness (QED) is 0.755. The van der Waals surface area contributed by atoms with E-state index in [4.69, 9.17) is 4.74 Å². The van der Waals surface area contributed by atoms with E-state index in [9.17, 15) is 4.79 Å². The van der Waals surface area contributed by atoms with E-state index >= 15 is 0 Å². The summed E-state index contributed by atoms with van der Waals surface area (Å²) in [6, 6.07) is 10.3. The highest BCUT2D eigenvalue weighted by molar-refractivity contribution is 5.88. The number of nitrogens with zero attached hydrogens (tertiary/aromatic N) is 3. The Morgan fingerprint density at radius 3 is 2.57 bits per heavy atom. The van der Waals surface area contributed by atoms with Crippen molar-refractivity contribution in [3.05, 3.63) is 63.6 Å². The van der Waals surface area contributed by atoms with Gasteiger partial charge in [-0.05, 0) is 28.7 Å². The van der Waals surface area contributed by atoms with E-state index in [-0.39, 0.29) is 5.56 Å². The number of fused-ring (bicyclic) bond motifs is 1. The Bertz CT molecular complexity index is 1050. The lowest BCUT2D eigenvalue weighted by Gasteiger charge is -2.27. The maximum absolute atomic E-state index is 12.8. The second kappa shape index (κ2) is 7.94. The molecule has 1 aliphatic heterocycles. The van der Waals surface area contributed by atoms with Gasteiger partial charge in [0, 0.05) is 19.3 Å². The Balaban J connectivity index is 1.66. The van der Waals surface area contributed by atoms with Crippen molar-refractivity contribution in [1.29, 1.82) is 0 Å². The zero-order chi connectivity index (χ0) is 19.5.